The van der Waals surface area contributed by atoms with Crippen LogP contribution in [0.15, 0.2) is 42.5 Å². The highest BCUT2D eigenvalue weighted by molar-refractivity contribution is 5.94. The Balaban J connectivity index is 1.55. The number of nitrogens with zero attached hydrogens (tertiary/aromatic N) is 2. The highest BCUT2D eigenvalue weighted by Crippen LogP contribution is 2.37. The topological polar surface area (TPSA) is 61.9 Å². The van der Waals surface area contributed by atoms with Gasteiger partial charge in [0.2, 0.25) is 0 Å². The first-order chi connectivity index (χ1) is 18.5. The molecule has 0 bridgehead atoms. The average Bonchev–Trinajstić information content (AvgIpc) is 3.25. The molecule has 0 saturated carbocycles. The molecule has 4 rings (SSSR count). The van der Waals surface area contributed by atoms with Crippen molar-refractivity contribution in [3.63, 3.8) is 0 Å². The Kier molecular flexibility index (Phi) is 7.87. The van der Waals surface area contributed by atoms with Crippen molar-refractivity contribution in [3.8, 4) is 0 Å². The number of carbonyl (C=O) groups excluding carboxylic acids is 2. The lowest BCUT2D eigenvalue weighted by Gasteiger charge is -2.46. The number of benzene rings is 2. The molecular formula is C28H31F6N3O3. The predicted octanol–water partition coefficient (Wildman–Crippen LogP) is 5.54. The van der Waals surface area contributed by atoms with Crippen molar-refractivity contribution >= 4 is 12.0 Å². The van der Waals surface area contributed by atoms with Crippen LogP contribution < -0.4 is 5.32 Å². The van der Waals surface area contributed by atoms with Crippen molar-refractivity contribution in [2.24, 2.45) is 0 Å². The van der Waals surface area contributed by atoms with E-state index in [0.29, 0.717) is 51.2 Å². The van der Waals surface area contributed by atoms with Crippen molar-refractivity contribution < 1.29 is 40.7 Å². The number of amides is 2. The van der Waals surface area contributed by atoms with Gasteiger partial charge in [0.05, 0.1) is 11.1 Å². The van der Waals surface area contributed by atoms with E-state index >= 15 is 0 Å². The Morgan fingerprint density at radius 3 is 1.80 bits per heavy atom. The van der Waals surface area contributed by atoms with E-state index in [2.05, 4.69) is 10.2 Å². The summed E-state index contributed by atoms with van der Waals surface area (Å²) in [7, 11) is 0. The number of hydrogen-bond donors (Lipinski definition) is 1. The lowest BCUT2D eigenvalue weighted by atomic mass is 9.91. The van der Waals surface area contributed by atoms with Crippen LogP contribution >= 0.6 is 0 Å². The van der Waals surface area contributed by atoms with Gasteiger partial charge in [0.1, 0.15) is 5.60 Å². The molecule has 1 saturated heterocycles. The Morgan fingerprint density at radius 2 is 1.35 bits per heavy atom. The van der Waals surface area contributed by atoms with Gasteiger partial charge in [-0.05, 0) is 62.9 Å². The average molecular weight is 572 g/mol. The number of rotatable bonds is 4. The quantitative estimate of drug-likeness (QED) is 0.490. The number of carbonyl (C=O) groups is 2. The fourth-order valence-electron chi connectivity index (χ4n) is 5.26. The molecule has 2 aliphatic rings. The van der Waals surface area contributed by atoms with Gasteiger partial charge in [0.15, 0.2) is 0 Å². The number of nitrogens with one attached hydrogen (secondary N) is 1. The first-order valence-corrected chi connectivity index (χ1v) is 12.8. The molecule has 1 heterocycles. The lowest BCUT2D eigenvalue weighted by molar-refractivity contribution is -0.143. The zero-order chi connectivity index (χ0) is 29.5. The molecule has 1 fully saturated rings. The number of ether oxygens (including phenoxy) is 1. The molecule has 1 aliphatic heterocycles. The van der Waals surface area contributed by atoms with Crippen LogP contribution in [0.1, 0.15) is 53.4 Å². The molecule has 0 radical (unpaired) electrons. The van der Waals surface area contributed by atoms with E-state index in [4.69, 9.17) is 4.74 Å². The molecule has 2 amide bonds. The van der Waals surface area contributed by atoms with Gasteiger partial charge in [-0.15, -0.1) is 0 Å². The molecule has 1 N–H and O–H groups in total. The first kappa shape index (κ1) is 29.7. The maximum absolute atomic E-state index is 13.3. The highest BCUT2D eigenvalue weighted by atomic mass is 19.4. The summed E-state index contributed by atoms with van der Waals surface area (Å²) in [5, 5.41) is 2.62. The second kappa shape index (κ2) is 10.6. The summed E-state index contributed by atoms with van der Waals surface area (Å²) in [5.74, 6) is -1.03. The number of fused-ring (bicyclic) bond motifs is 1. The van der Waals surface area contributed by atoms with Crippen LogP contribution in [0, 0.1) is 0 Å². The maximum atomic E-state index is 13.3. The Hall–Kier alpha value is -3.28. The van der Waals surface area contributed by atoms with Crippen LogP contribution in [-0.4, -0.2) is 65.7 Å². The Morgan fingerprint density at radius 1 is 0.850 bits per heavy atom. The van der Waals surface area contributed by atoms with Gasteiger partial charge >= 0.3 is 18.4 Å². The van der Waals surface area contributed by atoms with Gasteiger partial charge in [-0.1, -0.05) is 24.3 Å². The zero-order valence-electron chi connectivity index (χ0n) is 22.4. The van der Waals surface area contributed by atoms with Gasteiger partial charge in [-0.2, -0.15) is 26.3 Å². The molecule has 12 heteroatoms. The molecule has 40 heavy (non-hydrogen) atoms. The molecule has 2 aromatic rings. The summed E-state index contributed by atoms with van der Waals surface area (Å²) in [4.78, 5) is 29.3. The summed E-state index contributed by atoms with van der Waals surface area (Å²) in [6.07, 6.45) is -9.51. The Bertz CT molecular complexity index is 1200. The third-order valence-electron chi connectivity index (χ3n) is 7.19. The van der Waals surface area contributed by atoms with E-state index < -0.39 is 52.2 Å². The second-order valence-corrected chi connectivity index (χ2v) is 11.3. The van der Waals surface area contributed by atoms with E-state index in [1.807, 2.05) is 24.3 Å². The second-order valence-electron chi connectivity index (χ2n) is 11.3. The smallest absolute Gasteiger partial charge is 0.416 e. The third-order valence-corrected chi connectivity index (χ3v) is 7.19. The molecule has 0 spiro atoms. The summed E-state index contributed by atoms with van der Waals surface area (Å²) in [6.45, 7) is 6.94. The molecule has 0 atom stereocenters. The van der Waals surface area contributed by atoms with Crippen LogP contribution in [0.2, 0.25) is 0 Å². The van der Waals surface area contributed by atoms with Gasteiger partial charge in [0.25, 0.3) is 5.91 Å². The van der Waals surface area contributed by atoms with Gasteiger partial charge in [-0.25, -0.2) is 4.79 Å². The lowest BCUT2D eigenvalue weighted by Crippen LogP contribution is -2.62. The monoisotopic (exact) mass is 571 g/mol. The fourth-order valence-corrected chi connectivity index (χ4v) is 5.26. The normalized spacial score (nSPS) is 17.9. The minimum Gasteiger partial charge on any atom is -0.444 e. The molecule has 0 aromatic heterocycles. The zero-order valence-corrected chi connectivity index (χ0v) is 22.4. The maximum Gasteiger partial charge on any atom is 0.416 e. The fraction of sp³-hybridized carbons (Fsp3) is 0.500. The minimum absolute atomic E-state index is 0.00394. The largest absolute Gasteiger partial charge is 0.444 e. The molecular weight excluding hydrogens is 540 g/mol. The SMILES string of the molecule is CC(C)(C)OC(=O)N1CCN(C2(CNC(=O)c3cc(C(F)(F)F)cc(C(F)(F)F)c3)Cc3ccccc3C2)CC1. The Labute approximate surface area is 228 Å². The van der Waals surface area contributed by atoms with E-state index in [9.17, 15) is 35.9 Å². The van der Waals surface area contributed by atoms with Crippen LogP contribution in [0.3, 0.4) is 0 Å². The van der Waals surface area contributed by atoms with E-state index in [0.717, 1.165) is 11.1 Å². The standard InChI is InChI=1S/C28H31F6N3O3/c1-25(2,3)40-24(39)36-8-10-37(11-9-36)26(15-18-6-4-5-7-19(18)16-26)17-35-23(38)20-12-21(27(29,30)31)14-22(13-20)28(32,33)34/h4-7,12-14H,8-11,15-17H2,1-3H3,(H,35,38). The predicted molar refractivity (Wildman–Crippen MR) is 135 cm³/mol. The molecule has 2 aromatic carbocycles. The minimum atomic E-state index is -5.06. The van der Waals surface area contributed by atoms with E-state index in [-0.39, 0.29) is 12.6 Å². The molecule has 6 nitrogen and oxygen atoms in total. The highest BCUT2D eigenvalue weighted by Gasteiger charge is 2.44. The van der Waals surface area contributed by atoms with Crippen molar-refractivity contribution in [2.75, 3.05) is 32.7 Å². The van der Waals surface area contributed by atoms with Gasteiger partial charge in [-0.3, -0.25) is 9.69 Å². The van der Waals surface area contributed by atoms with E-state index in [1.165, 1.54) is 0 Å². The van der Waals surface area contributed by atoms with Crippen molar-refractivity contribution in [3.05, 3.63) is 70.3 Å². The summed E-state index contributed by atoms with van der Waals surface area (Å²) < 4.78 is 85.4. The molecule has 0 unspecified atom stereocenters. The third kappa shape index (κ3) is 6.71. The van der Waals surface area contributed by atoms with Crippen LogP contribution in [-0.2, 0) is 29.9 Å². The van der Waals surface area contributed by atoms with Gasteiger partial charge < -0.3 is 15.0 Å². The van der Waals surface area contributed by atoms with Crippen LogP contribution in [0.5, 0.6) is 0 Å². The molecule has 1 aliphatic carbocycles. The summed E-state index contributed by atoms with van der Waals surface area (Å²) in [6, 6.07) is 8.54. The first-order valence-electron chi connectivity index (χ1n) is 12.8. The van der Waals surface area contributed by atoms with Crippen LogP contribution in [0.4, 0.5) is 31.1 Å². The van der Waals surface area contributed by atoms with E-state index in [1.54, 1.807) is 25.7 Å². The van der Waals surface area contributed by atoms with Crippen LogP contribution in [0.25, 0.3) is 0 Å². The van der Waals surface area contributed by atoms with Crippen molar-refractivity contribution in [1.29, 1.82) is 0 Å². The number of hydrogen-bond acceptors (Lipinski definition) is 4. The number of halogens is 6. The molecule has 218 valence electrons. The summed E-state index contributed by atoms with van der Waals surface area (Å²) >= 11 is 0. The van der Waals surface area contributed by atoms with Crippen molar-refractivity contribution in [1.82, 2.24) is 15.1 Å². The number of alkyl halides is 6. The van der Waals surface area contributed by atoms with Crippen molar-refractivity contribution in [2.45, 2.75) is 57.1 Å². The van der Waals surface area contributed by atoms with Gasteiger partial charge in [0, 0.05) is 43.8 Å². The number of piperazine rings is 1. The summed E-state index contributed by atoms with van der Waals surface area (Å²) in [5.41, 5.74) is -3.05.